The minimum Gasteiger partial charge on any atom is -0.383 e. The van der Waals surface area contributed by atoms with Gasteiger partial charge in [0.2, 0.25) is 0 Å². The van der Waals surface area contributed by atoms with Crippen LogP contribution >= 0.6 is 15.9 Å². The summed E-state index contributed by atoms with van der Waals surface area (Å²) in [6.45, 7) is 1.84. The first-order valence-electron chi connectivity index (χ1n) is 5.78. The van der Waals surface area contributed by atoms with E-state index in [0.717, 1.165) is 23.0 Å². The average Bonchev–Trinajstić information content (AvgIpc) is 3.16. The largest absolute Gasteiger partial charge is 0.383 e. The topological polar surface area (TPSA) is 77.6 Å². The third-order valence-electron chi connectivity index (χ3n) is 2.87. The Hall–Kier alpha value is -1.56. The smallest absolute Gasteiger partial charge is 0.180 e. The minimum absolute atomic E-state index is 0.471. The molecule has 1 aliphatic rings. The van der Waals surface area contributed by atoms with Gasteiger partial charge in [0.05, 0.1) is 10.2 Å². The van der Waals surface area contributed by atoms with E-state index in [1.54, 1.807) is 12.3 Å². The highest BCUT2D eigenvalue weighted by atomic mass is 79.9. The van der Waals surface area contributed by atoms with Crippen molar-refractivity contribution in [3.8, 4) is 11.5 Å². The van der Waals surface area contributed by atoms with Gasteiger partial charge in [0.25, 0.3) is 0 Å². The van der Waals surface area contributed by atoms with Crippen LogP contribution in [0.2, 0.25) is 0 Å². The van der Waals surface area contributed by atoms with Gasteiger partial charge < -0.3 is 5.73 Å². The number of hydrogen-bond acceptors (Lipinski definition) is 5. The molecule has 0 aromatic carbocycles. The van der Waals surface area contributed by atoms with Gasteiger partial charge in [0.15, 0.2) is 5.82 Å². The van der Waals surface area contributed by atoms with E-state index in [4.69, 9.17) is 5.73 Å². The molecule has 2 aromatic rings. The molecule has 3 rings (SSSR count). The molecule has 6 heteroatoms. The normalized spacial score (nSPS) is 14.8. The van der Waals surface area contributed by atoms with Crippen LogP contribution in [0.25, 0.3) is 11.5 Å². The summed E-state index contributed by atoms with van der Waals surface area (Å²) in [5.41, 5.74) is 7.63. The van der Waals surface area contributed by atoms with Crippen molar-refractivity contribution in [3.05, 3.63) is 28.3 Å². The molecule has 1 aliphatic carbocycles. The van der Waals surface area contributed by atoms with Crippen LogP contribution in [0.15, 0.2) is 16.7 Å². The van der Waals surface area contributed by atoms with E-state index in [-0.39, 0.29) is 0 Å². The van der Waals surface area contributed by atoms with E-state index in [0.29, 0.717) is 29.1 Å². The molecule has 0 saturated heterocycles. The Morgan fingerprint density at radius 1 is 1.28 bits per heavy atom. The van der Waals surface area contributed by atoms with E-state index in [1.165, 1.54) is 0 Å². The van der Waals surface area contributed by atoms with Gasteiger partial charge in [-0.25, -0.2) is 19.9 Å². The first-order chi connectivity index (χ1) is 8.65. The van der Waals surface area contributed by atoms with Crippen molar-refractivity contribution < 1.29 is 0 Å². The molecular formula is C12H12BrN5. The lowest BCUT2D eigenvalue weighted by Gasteiger charge is -2.07. The van der Waals surface area contributed by atoms with Crippen LogP contribution in [0, 0.1) is 6.92 Å². The van der Waals surface area contributed by atoms with E-state index in [2.05, 4.69) is 35.9 Å². The van der Waals surface area contributed by atoms with Crippen molar-refractivity contribution in [2.45, 2.75) is 25.7 Å². The van der Waals surface area contributed by atoms with Gasteiger partial charge in [0.1, 0.15) is 17.3 Å². The number of rotatable bonds is 2. The summed E-state index contributed by atoms with van der Waals surface area (Å²) in [5.74, 6) is 2.25. The Kier molecular flexibility index (Phi) is 2.74. The van der Waals surface area contributed by atoms with Gasteiger partial charge in [-0.3, -0.25) is 0 Å². The Balaban J connectivity index is 2.12. The zero-order chi connectivity index (χ0) is 12.7. The summed E-state index contributed by atoms with van der Waals surface area (Å²) in [7, 11) is 0. The predicted octanol–water partition coefficient (Wildman–Crippen LogP) is 2.46. The molecule has 0 unspecified atom stereocenters. The highest BCUT2D eigenvalue weighted by molar-refractivity contribution is 9.10. The number of nitrogens with two attached hydrogens (primary N) is 1. The summed E-state index contributed by atoms with van der Waals surface area (Å²) in [5, 5.41) is 0. The molecule has 1 fully saturated rings. The first kappa shape index (κ1) is 11.5. The number of aromatic nitrogens is 4. The van der Waals surface area contributed by atoms with E-state index < -0.39 is 0 Å². The lowest BCUT2D eigenvalue weighted by atomic mass is 10.2. The van der Waals surface area contributed by atoms with Crippen molar-refractivity contribution in [1.82, 2.24) is 19.9 Å². The van der Waals surface area contributed by atoms with Crippen molar-refractivity contribution in [2.24, 2.45) is 0 Å². The SMILES string of the molecule is Cc1nccc(-c2nc(N)c(Br)c(C3CC3)n2)n1. The fraction of sp³-hybridized carbons (Fsp3) is 0.333. The third kappa shape index (κ3) is 2.08. The van der Waals surface area contributed by atoms with Crippen molar-refractivity contribution >= 4 is 21.7 Å². The molecule has 2 heterocycles. The van der Waals surface area contributed by atoms with E-state index in [1.807, 2.05) is 6.92 Å². The predicted molar refractivity (Wildman–Crippen MR) is 71.9 cm³/mol. The van der Waals surface area contributed by atoms with Crippen LogP contribution in [0.5, 0.6) is 0 Å². The zero-order valence-electron chi connectivity index (χ0n) is 9.89. The molecule has 0 amide bonds. The maximum absolute atomic E-state index is 5.92. The van der Waals surface area contributed by atoms with Gasteiger partial charge in [0, 0.05) is 12.1 Å². The highest BCUT2D eigenvalue weighted by Crippen LogP contribution is 2.43. The monoisotopic (exact) mass is 305 g/mol. The van der Waals surface area contributed by atoms with Crippen LogP contribution in [-0.2, 0) is 0 Å². The Labute approximate surface area is 113 Å². The molecular weight excluding hydrogens is 294 g/mol. The number of nitrogen functional groups attached to an aromatic ring is 1. The van der Waals surface area contributed by atoms with Crippen LogP contribution in [-0.4, -0.2) is 19.9 Å². The Bertz CT molecular complexity index is 609. The molecule has 5 nitrogen and oxygen atoms in total. The van der Waals surface area contributed by atoms with Gasteiger partial charge >= 0.3 is 0 Å². The average molecular weight is 306 g/mol. The number of anilines is 1. The lowest BCUT2D eigenvalue weighted by molar-refractivity contribution is 0.967. The number of aryl methyl sites for hydroxylation is 1. The second-order valence-corrected chi connectivity index (χ2v) is 5.19. The van der Waals surface area contributed by atoms with Gasteiger partial charge in [-0.2, -0.15) is 0 Å². The van der Waals surface area contributed by atoms with Crippen molar-refractivity contribution in [2.75, 3.05) is 5.73 Å². The third-order valence-corrected chi connectivity index (χ3v) is 3.68. The molecule has 2 aromatic heterocycles. The number of nitrogens with zero attached hydrogens (tertiary/aromatic N) is 4. The fourth-order valence-corrected chi connectivity index (χ4v) is 2.31. The summed E-state index contributed by atoms with van der Waals surface area (Å²) >= 11 is 3.46. The summed E-state index contributed by atoms with van der Waals surface area (Å²) in [6, 6.07) is 1.80. The molecule has 2 N–H and O–H groups in total. The minimum atomic E-state index is 0.471. The van der Waals surface area contributed by atoms with Crippen LogP contribution < -0.4 is 5.73 Å². The standard InChI is InChI=1S/C12H12BrN5/c1-6-15-5-4-8(16-6)12-17-10(7-2-3-7)9(13)11(14)18-12/h4-5,7H,2-3H2,1H3,(H2,14,17,18). The number of halogens is 1. The maximum atomic E-state index is 5.92. The Morgan fingerprint density at radius 3 is 2.72 bits per heavy atom. The van der Waals surface area contributed by atoms with Gasteiger partial charge in [-0.1, -0.05) is 0 Å². The van der Waals surface area contributed by atoms with E-state index >= 15 is 0 Å². The maximum Gasteiger partial charge on any atom is 0.180 e. The van der Waals surface area contributed by atoms with E-state index in [9.17, 15) is 0 Å². The van der Waals surface area contributed by atoms with Crippen molar-refractivity contribution in [3.63, 3.8) is 0 Å². The molecule has 18 heavy (non-hydrogen) atoms. The molecule has 0 radical (unpaired) electrons. The van der Waals surface area contributed by atoms with Crippen LogP contribution in [0.4, 0.5) is 5.82 Å². The highest BCUT2D eigenvalue weighted by Gasteiger charge is 2.29. The molecule has 92 valence electrons. The lowest BCUT2D eigenvalue weighted by Crippen LogP contribution is -2.03. The quantitative estimate of drug-likeness (QED) is 0.922. The number of hydrogen-bond donors (Lipinski definition) is 1. The second kappa shape index (κ2) is 4.28. The van der Waals surface area contributed by atoms with Crippen LogP contribution in [0.3, 0.4) is 0 Å². The molecule has 1 saturated carbocycles. The summed E-state index contributed by atoms with van der Waals surface area (Å²) in [6.07, 6.45) is 4.03. The second-order valence-electron chi connectivity index (χ2n) is 4.40. The fourth-order valence-electron chi connectivity index (χ4n) is 1.81. The summed E-state index contributed by atoms with van der Waals surface area (Å²) < 4.78 is 0.819. The van der Waals surface area contributed by atoms with Crippen molar-refractivity contribution in [1.29, 1.82) is 0 Å². The molecule has 0 aliphatic heterocycles. The van der Waals surface area contributed by atoms with Gasteiger partial charge in [-0.15, -0.1) is 0 Å². The Morgan fingerprint density at radius 2 is 2.06 bits per heavy atom. The molecule has 0 spiro atoms. The van der Waals surface area contributed by atoms with Crippen LogP contribution in [0.1, 0.15) is 30.3 Å². The molecule has 0 bridgehead atoms. The molecule has 0 atom stereocenters. The first-order valence-corrected chi connectivity index (χ1v) is 6.57. The van der Waals surface area contributed by atoms with Gasteiger partial charge in [-0.05, 0) is 41.8 Å². The summed E-state index contributed by atoms with van der Waals surface area (Å²) in [4.78, 5) is 17.3. The zero-order valence-corrected chi connectivity index (χ0v) is 11.5.